The second kappa shape index (κ2) is 2.35. The van der Waals surface area contributed by atoms with Gasteiger partial charge in [0.25, 0.3) is 0 Å². The standard InChI is InChI=1S/C7H6ClN3O/c1-4-6(12)3-11-7(10-4)5(8)2-9-11/h2-3,12H,1H3. The van der Waals surface area contributed by atoms with Gasteiger partial charge in [-0.3, -0.25) is 0 Å². The predicted octanol–water partition coefficient (Wildman–Crippen LogP) is 1.40. The zero-order valence-corrected chi connectivity index (χ0v) is 7.08. The van der Waals surface area contributed by atoms with E-state index in [2.05, 4.69) is 10.1 Å². The molecule has 4 nitrogen and oxygen atoms in total. The van der Waals surface area contributed by atoms with E-state index in [1.54, 1.807) is 6.92 Å². The summed E-state index contributed by atoms with van der Waals surface area (Å²) in [5.74, 6) is 0.113. The minimum absolute atomic E-state index is 0.113. The molecule has 62 valence electrons. The third-order valence-electron chi connectivity index (χ3n) is 1.61. The number of fused-ring (bicyclic) bond motifs is 1. The van der Waals surface area contributed by atoms with Crippen molar-refractivity contribution in [1.29, 1.82) is 0 Å². The highest BCUT2D eigenvalue weighted by atomic mass is 35.5. The molecule has 0 radical (unpaired) electrons. The molecule has 0 bridgehead atoms. The van der Waals surface area contributed by atoms with Crippen LogP contribution in [0, 0.1) is 6.92 Å². The van der Waals surface area contributed by atoms with Gasteiger partial charge in [-0.25, -0.2) is 9.50 Å². The lowest BCUT2D eigenvalue weighted by atomic mass is 10.4. The highest BCUT2D eigenvalue weighted by Crippen LogP contribution is 2.19. The molecular formula is C7H6ClN3O. The molecule has 2 heterocycles. The first-order chi connectivity index (χ1) is 5.68. The molecule has 2 aromatic rings. The monoisotopic (exact) mass is 183 g/mol. The van der Waals surface area contributed by atoms with Crippen LogP contribution in [-0.2, 0) is 0 Å². The van der Waals surface area contributed by atoms with E-state index in [1.165, 1.54) is 16.9 Å². The van der Waals surface area contributed by atoms with Crippen molar-refractivity contribution in [3.63, 3.8) is 0 Å². The topological polar surface area (TPSA) is 50.4 Å². The lowest BCUT2D eigenvalue weighted by Gasteiger charge is -1.97. The second-order valence-electron chi connectivity index (χ2n) is 2.47. The molecule has 1 N–H and O–H groups in total. The number of nitrogens with zero attached hydrogens (tertiary/aromatic N) is 3. The Hall–Kier alpha value is -1.29. The quantitative estimate of drug-likeness (QED) is 0.672. The summed E-state index contributed by atoms with van der Waals surface area (Å²) >= 11 is 5.77. The molecule has 12 heavy (non-hydrogen) atoms. The first kappa shape index (κ1) is 7.36. The summed E-state index contributed by atoms with van der Waals surface area (Å²) in [5.41, 5.74) is 1.11. The smallest absolute Gasteiger partial charge is 0.174 e. The number of rotatable bonds is 0. The summed E-state index contributed by atoms with van der Waals surface area (Å²) in [7, 11) is 0. The highest BCUT2D eigenvalue weighted by molar-refractivity contribution is 6.33. The summed E-state index contributed by atoms with van der Waals surface area (Å²) in [5, 5.41) is 13.6. The number of halogens is 1. The molecule has 0 saturated carbocycles. The fourth-order valence-corrected chi connectivity index (χ4v) is 1.13. The van der Waals surface area contributed by atoms with E-state index in [9.17, 15) is 5.11 Å². The minimum atomic E-state index is 0.113. The highest BCUT2D eigenvalue weighted by Gasteiger charge is 2.05. The first-order valence-corrected chi connectivity index (χ1v) is 3.76. The van der Waals surface area contributed by atoms with Crippen LogP contribution in [0.4, 0.5) is 0 Å². The Balaban J connectivity index is 2.87. The Morgan fingerprint density at radius 1 is 1.58 bits per heavy atom. The van der Waals surface area contributed by atoms with Gasteiger partial charge in [-0.15, -0.1) is 0 Å². The van der Waals surface area contributed by atoms with Crippen molar-refractivity contribution in [2.45, 2.75) is 6.92 Å². The van der Waals surface area contributed by atoms with Crippen molar-refractivity contribution in [3.05, 3.63) is 23.1 Å². The van der Waals surface area contributed by atoms with E-state index in [4.69, 9.17) is 11.6 Å². The Kier molecular flexibility index (Phi) is 1.44. The molecule has 2 rings (SSSR count). The summed E-state index contributed by atoms with van der Waals surface area (Å²) in [4.78, 5) is 4.05. The molecule has 2 aromatic heterocycles. The molecule has 0 aliphatic rings. The van der Waals surface area contributed by atoms with Crippen molar-refractivity contribution < 1.29 is 5.11 Å². The van der Waals surface area contributed by atoms with E-state index in [1.807, 2.05) is 0 Å². The van der Waals surface area contributed by atoms with E-state index in [-0.39, 0.29) is 5.75 Å². The molecule has 0 saturated heterocycles. The van der Waals surface area contributed by atoms with Gasteiger partial charge in [0, 0.05) is 0 Å². The SMILES string of the molecule is Cc1nc2c(Cl)cnn2cc1O. The summed E-state index contributed by atoms with van der Waals surface area (Å²) in [6.07, 6.45) is 2.96. The fraction of sp³-hybridized carbons (Fsp3) is 0.143. The Bertz CT molecular complexity index is 437. The van der Waals surface area contributed by atoms with Gasteiger partial charge in [0.2, 0.25) is 0 Å². The van der Waals surface area contributed by atoms with Gasteiger partial charge in [0.15, 0.2) is 11.4 Å². The number of hydrogen-bond acceptors (Lipinski definition) is 3. The van der Waals surface area contributed by atoms with E-state index in [0.29, 0.717) is 16.4 Å². The van der Waals surface area contributed by atoms with Crippen LogP contribution in [0.2, 0.25) is 5.02 Å². The zero-order chi connectivity index (χ0) is 8.72. The maximum absolute atomic E-state index is 9.26. The van der Waals surface area contributed by atoms with Crippen LogP contribution in [0.25, 0.3) is 5.65 Å². The minimum Gasteiger partial charge on any atom is -0.504 e. The number of aromatic hydroxyl groups is 1. The third-order valence-corrected chi connectivity index (χ3v) is 1.88. The maximum atomic E-state index is 9.26. The van der Waals surface area contributed by atoms with Gasteiger partial charge >= 0.3 is 0 Å². The Morgan fingerprint density at radius 3 is 3.08 bits per heavy atom. The van der Waals surface area contributed by atoms with Gasteiger partial charge in [0.1, 0.15) is 5.02 Å². The zero-order valence-electron chi connectivity index (χ0n) is 6.32. The van der Waals surface area contributed by atoms with Crippen molar-refractivity contribution in [2.75, 3.05) is 0 Å². The van der Waals surface area contributed by atoms with Crippen LogP contribution in [0.3, 0.4) is 0 Å². The average molecular weight is 184 g/mol. The number of aryl methyl sites for hydroxylation is 1. The van der Waals surface area contributed by atoms with Crippen LogP contribution >= 0.6 is 11.6 Å². The molecule has 0 spiro atoms. The van der Waals surface area contributed by atoms with Gasteiger partial charge in [-0.05, 0) is 6.92 Å². The molecular weight excluding hydrogens is 178 g/mol. The van der Waals surface area contributed by atoms with E-state index < -0.39 is 0 Å². The van der Waals surface area contributed by atoms with Crippen molar-refractivity contribution in [2.24, 2.45) is 0 Å². The Labute approximate surface area is 73.4 Å². The fourth-order valence-electron chi connectivity index (χ4n) is 0.959. The molecule has 0 atom stereocenters. The van der Waals surface area contributed by atoms with Crippen LogP contribution in [-0.4, -0.2) is 19.7 Å². The average Bonchev–Trinajstić information content (AvgIpc) is 2.35. The lowest BCUT2D eigenvalue weighted by molar-refractivity contribution is 0.462. The molecule has 0 aliphatic heterocycles. The molecule has 0 unspecified atom stereocenters. The molecule has 0 amide bonds. The van der Waals surface area contributed by atoms with Crippen LogP contribution < -0.4 is 0 Å². The van der Waals surface area contributed by atoms with Crippen molar-refractivity contribution in [1.82, 2.24) is 14.6 Å². The van der Waals surface area contributed by atoms with Crippen LogP contribution in [0.15, 0.2) is 12.4 Å². The lowest BCUT2D eigenvalue weighted by Crippen LogP contribution is -1.91. The van der Waals surface area contributed by atoms with Crippen LogP contribution in [0.1, 0.15) is 5.69 Å². The summed E-state index contributed by atoms with van der Waals surface area (Å²) < 4.78 is 1.44. The molecule has 0 aliphatic carbocycles. The largest absolute Gasteiger partial charge is 0.504 e. The molecule has 0 fully saturated rings. The molecule has 0 aromatic carbocycles. The van der Waals surface area contributed by atoms with E-state index in [0.717, 1.165) is 0 Å². The van der Waals surface area contributed by atoms with Crippen molar-refractivity contribution in [3.8, 4) is 5.75 Å². The number of hydrogen-bond donors (Lipinski definition) is 1. The third kappa shape index (κ3) is 0.921. The second-order valence-corrected chi connectivity index (χ2v) is 2.88. The predicted molar refractivity (Wildman–Crippen MR) is 44.4 cm³/mol. The number of aromatic nitrogens is 3. The van der Waals surface area contributed by atoms with Gasteiger partial charge in [-0.1, -0.05) is 11.6 Å². The summed E-state index contributed by atoms with van der Waals surface area (Å²) in [6.45, 7) is 1.71. The Morgan fingerprint density at radius 2 is 2.33 bits per heavy atom. The van der Waals surface area contributed by atoms with Gasteiger partial charge in [-0.2, -0.15) is 5.10 Å². The summed E-state index contributed by atoms with van der Waals surface area (Å²) in [6, 6.07) is 0. The van der Waals surface area contributed by atoms with Crippen molar-refractivity contribution >= 4 is 17.2 Å². The normalized spacial score (nSPS) is 10.8. The van der Waals surface area contributed by atoms with Gasteiger partial charge in [0.05, 0.1) is 18.1 Å². The maximum Gasteiger partial charge on any atom is 0.174 e. The first-order valence-electron chi connectivity index (χ1n) is 3.38. The van der Waals surface area contributed by atoms with E-state index >= 15 is 0 Å². The molecule has 5 heteroatoms. The van der Waals surface area contributed by atoms with Gasteiger partial charge < -0.3 is 5.11 Å². The van der Waals surface area contributed by atoms with Crippen LogP contribution in [0.5, 0.6) is 5.75 Å².